The monoisotopic (exact) mass is 303 g/mol. The van der Waals surface area contributed by atoms with Gasteiger partial charge in [-0.15, -0.1) is 5.10 Å². The van der Waals surface area contributed by atoms with Gasteiger partial charge in [-0.25, -0.2) is 4.68 Å². The third-order valence-electron chi connectivity index (χ3n) is 3.92. The standard InChI is InChI=1S/C20H21N3/c1-15(16-8-6-5-7-9-16)23-14-19(21-22-23)17-10-12-18(13-11-17)20(2,3)4/h5-14H,1H2,2-4H3. The van der Waals surface area contributed by atoms with Gasteiger partial charge in [-0.3, -0.25) is 0 Å². The van der Waals surface area contributed by atoms with Crippen molar-refractivity contribution in [3.63, 3.8) is 0 Å². The fourth-order valence-electron chi connectivity index (χ4n) is 2.43. The summed E-state index contributed by atoms with van der Waals surface area (Å²) in [4.78, 5) is 0. The lowest BCUT2D eigenvalue weighted by Crippen LogP contribution is -2.10. The molecule has 0 aliphatic heterocycles. The first kappa shape index (κ1) is 15.2. The van der Waals surface area contributed by atoms with Crippen molar-refractivity contribution in [1.82, 2.24) is 15.0 Å². The van der Waals surface area contributed by atoms with E-state index in [9.17, 15) is 0 Å². The molecule has 3 rings (SSSR count). The normalized spacial score (nSPS) is 11.4. The fourth-order valence-corrected chi connectivity index (χ4v) is 2.43. The molecule has 0 aliphatic rings. The van der Waals surface area contributed by atoms with Crippen molar-refractivity contribution in [3.8, 4) is 11.3 Å². The molecular weight excluding hydrogens is 282 g/mol. The Morgan fingerprint density at radius 3 is 2.22 bits per heavy atom. The topological polar surface area (TPSA) is 30.7 Å². The van der Waals surface area contributed by atoms with Crippen LogP contribution in [0.2, 0.25) is 0 Å². The van der Waals surface area contributed by atoms with Crippen LogP contribution in [-0.4, -0.2) is 15.0 Å². The Labute approximate surface area is 137 Å². The number of hydrogen-bond acceptors (Lipinski definition) is 2. The molecular formula is C20H21N3. The SMILES string of the molecule is C=C(c1ccccc1)n1cc(-c2ccc(C(C)(C)C)cc2)nn1. The molecule has 0 fully saturated rings. The van der Waals surface area contributed by atoms with Gasteiger partial charge in [0, 0.05) is 5.56 Å². The van der Waals surface area contributed by atoms with Crippen molar-refractivity contribution in [3.05, 3.63) is 78.5 Å². The molecule has 0 unspecified atom stereocenters. The van der Waals surface area contributed by atoms with E-state index in [2.05, 4.69) is 61.9 Å². The smallest absolute Gasteiger partial charge is 0.113 e. The Balaban J connectivity index is 1.86. The van der Waals surface area contributed by atoms with E-state index < -0.39 is 0 Å². The van der Waals surface area contributed by atoms with Gasteiger partial charge in [-0.2, -0.15) is 0 Å². The summed E-state index contributed by atoms with van der Waals surface area (Å²) in [5.74, 6) is 0. The van der Waals surface area contributed by atoms with Crippen molar-refractivity contribution in [2.75, 3.05) is 0 Å². The predicted molar refractivity (Wildman–Crippen MR) is 95.0 cm³/mol. The molecule has 1 aromatic heterocycles. The van der Waals surface area contributed by atoms with Crippen LogP contribution in [0.1, 0.15) is 31.9 Å². The molecule has 0 aliphatic carbocycles. The van der Waals surface area contributed by atoms with Crippen LogP contribution in [0.4, 0.5) is 0 Å². The lowest BCUT2D eigenvalue weighted by atomic mass is 9.86. The zero-order valence-corrected chi connectivity index (χ0v) is 13.8. The van der Waals surface area contributed by atoms with Gasteiger partial charge >= 0.3 is 0 Å². The lowest BCUT2D eigenvalue weighted by molar-refractivity contribution is 0.590. The molecule has 3 aromatic rings. The summed E-state index contributed by atoms with van der Waals surface area (Å²) in [5, 5.41) is 8.48. The van der Waals surface area contributed by atoms with Crippen LogP contribution in [-0.2, 0) is 5.41 Å². The van der Waals surface area contributed by atoms with Gasteiger partial charge in [0.25, 0.3) is 0 Å². The molecule has 1 heterocycles. The van der Waals surface area contributed by atoms with E-state index in [1.807, 2.05) is 36.5 Å². The Morgan fingerprint density at radius 2 is 1.61 bits per heavy atom. The molecule has 0 atom stereocenters. The third kappa shape index (κ3) is 3.24. The highest BCUT2D eigenvalue weighted by Crippen LogP contribution is 2.25. The van der Waals surface area contributed by atoms with Crippen molar-refractivity contribution < 1.29 is 0 Å². The molecule has 23 heavy (non-hydrogen) atoms. The van der Waals surface area contributed by atoms with E-state index in [4.69, 9.17) is 0 Å². The van der Waals surface area contributed by atoms with E-state index in [-0.39, 0.29) is 5.41 Å². The summed E-state index contributed by atoms with van der Waals surface area (Å²) in [6.45, 7) is 10.7. The molecule has 0 N–H and O–H groups in total. The Morgan fingerprint density at radius 1 is 0.957 bits per heavy atom. The van der Waals surface area contributed by atoms with Gasteiger partial charge in [-0.05, 0) is 16.5 Å². The minimum atomic E-state index is 0.151. The zero-order chi connectivity index (χ0) is 16.4. The van der Waals surface area contributed by atoms with Crippen LogP contribution in [0.15, 0.2) is 67.4 Å². The Hall–Kier alpha value is -2.68. The summed E-state index contributed by atoms with van der Waals surface area (Å²) in [7, 11) is 0. The average molecular weight is 303 g/mol. The van der Waals surface area contributed by atoms with Crippen molar-refractivity contribution in [1.29, 1.82) is 0 Å². The van der Waals surface area contributed by atoms with E-state index in [1.54, 1.807) is 4.68 Å². The van der Waals surface area contributed by atoms with Crippen LogP contribution in [0.5, 0.6) is 0 Å². The van der Waals surface area contributed by atoms with E-state index in [1.165, 1.54) is 5.56 Å². The highest BCUT2D eigenvalue weighted by atomic mass is 15.4. The minimum Gasteiger partial charge on any atom is -0.220 e. The summed E-state index contributed by atoms with van der Waals surface area (Å²) < 4.78 is 1.72. The fraction of sp³-hybridized carbons (Fsp3) is 0.200. The van der Waals surface area contributed by atoms with E-state index in [0.717, 1.165) is 22.5 Å². The average Bonchev–Trinajstić information content (AvgIpc) is 3.04. The number of aromatic nitrogens is 3. The second-order valence-corrected chi connectivity index (χ2v) is 6.69. The van der Waals surface area contributed by atoms with E-state index in [0.29, 0.717) is 0 Å². The summed E-state index contributed by atoms with van der Waals surface area (Å²) >= 11 is 0. The highest BCUT2D eigenvalue weighted by Gasteiger charge is 2.14. The maximum atomic E-state index is 4.28. The molecule has 0 saturated carbocycles. The van der Waals surface area contributed by atoms with E-state index >= 15 is 0 Å². The zero-order valence-electron chi connectivity index (χ0n) is 13.8. The maximum Gasteiger partial charge on any atom is 0.113 e. The number of hydrogen-bond donors (Lipinski definition) is 0. The molecule has 0 bridgehead atoms. The maximum absolute atomic E-state index is 4.28. The van der Waals surface area contributed by atoms with Crippen molar-refractivity contribution >= 4 is 5.70 Å². The van der Waals surface area contributed by atoms with Gasteiger partial charge in [0.1, 0.15) is 5.69 Å². The first-order chi connectivity index (χ1) is 10.9. The molecule has 0 amide bonds. The van der Waals surface area contributed by atoms with Crippen LogP contribution < -0.4 is 0 Å². The van der Waals surface area contributed by atoms with Gasteiger partial charge in [0.05, 0.1) is 11.9 Å². The summed E-state index contributed by atoms with van der Waals surface area (Å²) in [6.07, 6.45) is 1.92. The van der Waals surface area contributed by atoms with Crippen molar-refractivity contribution in [2.45, 2.75) is 26.2 Å². The lowest BCUT2D eigenvalue weighted by Gasteiger charge is -2.18. The Kier molecular flexibility index (Phi) is 3.87. The summed E-state index contributed by atoms with van der Waals surface area (Å²) in [6, 6.07) is 18.5. The summed E-state index contributed by atoms with van der Waals surface area (Å²) in [5.41, 5.74) is 5.22. The minimum absolute atomic E-state index is 0.151. The molecule has 0 spiro atoms. The predicted octanol–water partition coefficient (Wildman–Crippen LogP) is 4.76. The number of rotatable bonds is 3. The second kappa shape index (κ2) is 5.84. The van der Waals surface area contributed by atoms with Crippen LogP contribution in [0, 0.1) is 0 Å². The molecule has 0 radical (unpaired) electrons. The van der Waals surface area contributed by atoms with Gasteiger partial charge in [0.2, 0.25) is 0 Å². The van der Waals surface area contributed by atoms with Crippen LogP contribution in [0.3, 0.4) is 0 Å². The first-order valence-corrected chi connectivity index (χ1v) is 7.73. The van der Waals surface area contributed by atoms with Gasteiger partial charge in [0.15, 0.2) is 0 Å². The molecule has 3 nitrogen and oxygen atoms in total. The molecule has 0 saturated heterocycles. The van der Waals surface area contributed by atoms with Gasteiger partial charge < -0.3 is 0 Å². The molecule has 2 aromatic carbocycles. The van der Waals surface area contributed by atoms with Crippen molar-refractivity contribution in [2.24, 2.45) is 0 Å². The molecule has 3 heteroatoms. The molecule has 116 valence electrons. The number of benzene rings is 2. The first-order valence-electron chi connectivity index (χ1n) is 7.73. The Bertz CT molecular complexity index is 806. The van der Waals surface area contributed by atoms with Gasteiger partial charge in [-0.1, -0.05) is 87.2 Å². The van der Waals surface area contributed by atoms with Crippen LogP contribution >= 0.6 is 0 Å². The quantitative estimate of drug-likeness (QED) is 0.698. The highest BCUT2D eigenvalue weighted by molar-refractivity contribution is 5.65. The second-order valence-electron chi connectivity index (χ2n) is 6.69. The number of nitrogens with zero attached hydrogens (tertiary/aromatic N) is 3. The van der Waals surface area contributed by atoms with Crippen LogP contribution in [0.25, 0.3) is 17.0 Å². The largest absolute Gasteiger partial charge is 0.220 e. The third-order valence-corrected chi connectivity index (χ3v) is 3.92.